The molecule has 0 amide bonds. The SMILES string of the molecule is CCCCSc1c(C=C(C(=O)OCC)c2cc[n+](CCO)cc2)c(=O)oc2cc(N(CC)CC(=O)OC)ccc12. The number of nitrogens with zero attached hydrogens (tertiary/aromatic N) is 2. The number of carbonyl (C=O) groups is 2. The Bertz CT molecular complexity index is 1400. The molecule has 0 aliphatic carbocycles. The van der Waals surface area contributed by atoms with Crippen molar-refractivity contribution in [2.45, 2.75) is 45.1 Å². The molecule has 0 saturated heterocycles. The van der Waals surface area contributed by atoms with E-state index in [4.69, 9.17) is 13.9 Å². The normalized spacial score (nSPS) is 11.5. The highest BCUT2D eigenvalue weighted by molar-refractivity contribution is 7.99. The van der Waals surface area contributed by atoms with E-state index in [1.807, 2.05) is 24.0 Å². The molecule has 0 unspecified atom stereocenters. The van der Waals surface area contributed by atoms with E-state index in [2.05, 4.69) is 6.92 Å². The van der Waals surface area contributed by atoms with Gasteiger partial charge in [0.25, 0.3) is 0 Å². The molecule has 214 valence electrons. The number of benzene rings is 1. The zero-order valence-corrected chi connectivity index (χ0v) is 24.3. The molecule has 0 radical (unpaired) electrons. The topological polar surface area (TPSA) is 110 Å². The number of aliphatic hydroxyl groups is 1. The van der Waals surface area contributed by atoms with Crippen LogP contribution in [0.1, 0.15) is 44.7 Å². The summed E-state index contributed by atoms with van der Waals surface area (Å²) in [7, 11) is 1.34. The predicted molar refractivity (Wildman–Crippen MR) is 156 cm³/mol. The van der Waals surface area contributed by atoms with Crippen molar-refractivity contribution >= 4 is 52.0 Å². The van der Waals surface area contributed by atoms with Crippen molar-refractivity contribution in [2.75, 3.05) is 44.1 Å². The van der Waals surface area contributed by atoms with E-state index in [-0.39, 0.29) is 36.9 Å². The second-order valence-corrected chi connectivity index (χ2v) is 10.0. The number of unbranched alkanes of at least 4 members (excludes halogenated alkanes) is 1. The highest BCUT2D eigenvalue weighted by Gasteiger charge is 2.21. The fourth-order valence-electron chi connectivity index (χ4n) is 4.09. The minimum absolute atomic E-state index is 0.0124. The van der Waals surface area contributed by atoms with Gasteiger partial charge in [-0.3, -0.25) is 4.79 Å². The van der Waals surface area contributed by atoms with Gasteiger partial charge in [-0.1, -0.05) is 13.3 Å². The van der Waals surface area contributed by atoms with Crippen LogP contribution in [0.25, 0.3) is 22.6 Å². The number of hydrogen-bond acceptors (Lipinski definition) is 9. The third kappa shape index (κ3) is 7.73. The Labute approximate surface area is 238 Å². The van der Waals surface area contributed by atoms with Crippen LogP contribution in [-0.2, 0) is 25.6 Å². The molecule has 1 N–H and O–H groups in total. The van der Waals surface area contributed by atoms with Gasteiger partial charge in [-0.25, -0.2) is 14.2 Å². The van der Waals surface area contributed by atoms with Crippen LogP contribution in [0.3, 0.4) is 0 Å². The lowest BCUT2D eigenvalue weighted by Gasteiger charge is -2.22. The predicted octanol–water partition coefficient (Wildman–Crippen LogP) is 4.07. The second kappa shape index (κ2) is 15.2. The number of pyridine rings is 1. The average molecular weight is 570 g/mol. The first-order chi connectivity index (χ1) is 19.4. The maximum Gasteiger partial charge on any atom is 0.344 e. The van der Waals surface area contributed by atoms with E-state index >= 15 is 0 Å². The standard InChI is InChI=1S/C30H37N2O7S/c1-5-8-17-40-28-23-10-9-22(32(6-2)20-27(34)37-4)18-26(23)39-30(36)25(28)19-24(29(35)38-7-3)21-11-13-31(14-12-21)15-16-33/h9-14,18-19,33H,5-8,15-17,20H2,1-4H3/q+1. The van der Waals surface area contributed by atoms with Crippen LogP contribution < -0.4 is 15.1 Å². The highest BCUT2D eigenvalue weighted by Crippen LogP contribution is 2.34. The first kappa shape index (κ1) is 30.9. The highest BCUT2D eigenvalue weighted by atomic mass is 32.2. The Kier molecular flexibility index (Phi) is 11.8. The number of aromatic nitrogens is 1. The average Bonchev–Trinajstić information content (AvgIpc) is 2.95. The minimum Gasteiger partial charge on any atom is -0.468 e. The first-order valence-electron chi connectivity index (χ1n) is 13.4. The van der Waals surface area contributed by atoms with Crippen molar-refractivity contribution < 1.29 is 33.2 Å². The van der Waals surface area contributed by atoms with Crippen molar-refractivity contribution in [3.05, 3.63) is 64.3 Å². The molecule has 0 aliphatic heterocycles. The maximum atomic E-state index is 13.5. The number of fused-ring (bicyclic) bond motifs is 1. The first-order valence-corrected chi connectivity index (χ1v) is 14.4. The molecular formula is C30H37N2O7S+. The van der Waals surface area contributed by atoms with Gasteiger partial charge in [0.2, 0.25) is 0 Å². The molecule has 0 saturated carbocycles. The van der Waals surface area contributed by atoms with Crippen molar-refractivity contribution in [1.29, 1.82) is 0 Å². The van der Waals surface area contributed by atoms with Gasteiger partial charge < -0.3 is 23.9 Å². The lowest BCUT2D eigenvalue weighted by Crippen LogP contribution is -2.34. The molecule has 0 atom stereocenters. The molecule has 2 aromatic heterocycles. The monoisotopic (exact) mass is 569 g/mol. The number of carbonyl (C=O) groups excluding carboxylic acids is 2. The molecule has 2 heterocycles. The van der Waals surface area contributed by atoms with Crippen LogP contribution in [0.15, 0.2) is 56.8 Å². The van der Waals surface area contributed by atoms with E-state index in [0.717, 1.165) is 34.6 Å². The molecule has 0 aliphatic rings. The van der Waals surface area contributed by atoms with Crippen molar-refractivity contribution in [3.63, 3.8) is 0 Å². The van der Waals surface area contributed by atoms with E-state index < -0.39 is 11.6 Å². The molecule has 10 heteroatoms. The summed E-state index contributed by atoms with van der Waals surface area (Å²) in [6, 6.07) is 9.01. The Morgan fingerprint density at radius 1 is 1.15 bits per heavy atom. The van der Waals surface area contributed by atoms with Crippen LogP contribution in [0, 0.1) is 0 Å². The third-order valence-corrected chi connectivity index (χ3v) is 7.48. The maximum absolute atomic E-state index is 13.5. The second-order valence-electron chi connectivity index (χ2n) is 8.93. The smallest absolute Gasteiger partial charge is 0.344 e. The summed E-state index contributed by atoms with van der Waals surface area (Å²) in [6.45, 7) is 6.97. The van der Waals surface area contributed by atoms with E-state index in [1.165, 1.54) is 7.11 Å². The molecular weight excluding hydrogens is 532 g/mol. The van der Waals surface area contributed by atoms with Crippen LogP contribution in [0.2, 0.25) is 0 Å². The Hall–Kier alpha value is -3.63. The zero-order chi connectivity index (χ0) is 29.1. The molecule has 3 aromatic rings. The largest absolute Gasteiger partial charge is 0.468 e. The summed E-state index contributed by atoms with van der Waals surface area (Å²) in [5.41, 5.74) is 1.63. The van der Waals surface area contributed by atoms with Crippen LogP contribution in [0.4, 0.5) is 5.69 Å². The zero-order valence-electron chi connectivity index (χ0n) is 23.5. The van der Waals surface area contributed by atoms with Gasteiger partial charge in [0.05, 0.1) is 24.9 Å². The van der Waals surface area contributed by atoms with Gasteiger partial charge in [0, 0.05) is 46.3 Å². The molecule has 0 bridgehead atoms. The number of aliphatic hydroxyl groups excluding tert-OH is 1. The fraction of sp³-hybridized carbons (Fsp3) is 0.400. The number of hydrogen-bond donors (Lipinski definition) is 1. The van der Waals surface area contributed by atoms with Gasteiger partial charge in [-0.2, -0.15) is 0 Å². The minimum atomic E-state index is -0.576. The molecule has 40 heavy (non-hydrogen) atoms. The number of anilines is 1. The molecule has 1 aromatic carbocycles. The summed E-state index contributed by atoms with van der Waals surface area (Å²) in [4.78, 5) is 40.9. The lowest BCUT2D eigenvalue weighted by atomic mass is 10.0. The summed E-state index contributed by atoms with van der Waals surface area (Å²) in [6.07, 6.45) is 7.01. The van der Waals surface area contributed by atoms with Gasteiger partial charge >= 0.3 is 17.6 Å². The summed E-state index contributed by atoms with van der Waals surface area (Å²) >= 11 is 1.54. The van der Waals surface area contributed by atoms with Gasteiger partial charge in [0.15, 0.2) is 18.9 Å². The number of esters is 2. The van der Waals surface area contributed by atoms with Gasteiger partial charge in [0.1, 0.15) is 18.7 Å². The number of ether oxygens (including phenoxy) is 2. The summed E-state index contributed by atoms with van der Waals surface area (Å²) in [5.74, 6) is -0.139. The fourth-order valence-corrected chi connectivity index (χ4v) is 5.35. The summed E-state index contributed by atoms with van der Waals surface area (Å²) in [5, 5.41) is 9.96. The van der Waals surface area contributed by atoms with Crippen LogP contribution >= 0.6 is 11.8 Å². The number of methoxy groups -OCH3 is 1. The Morgan fingerprint density at radius 2 is 1.90 bits per heavy atom. The lowest BCUT2D eigenvalue weighted by molar-refractivity contribution is -0.698. The van der Waals surface area contributed by atoms with Crippen LogP contribution in [0.5, 0.6) is 0 Å². The Balaban J connectivity index is 2.19. The number of thioether (sulfide) groups is 1. The number of likely N-dealkylation sites (N-methyl/N-ethyl adjacent to an activating group) is 1. The van der Waals surface area contributed by atoms with Crippen molar-refractivity contribution in [1.82, 2.24) is 0 Å². The number of rotatable bonds is 14. The summed E-state index contributed by atoms with van der Waals surface area (Å²) < 4.78 is 17.7. The quantitative estimate of drug-likeness (QED) is 0.0767. The van der Waals surface area contributed by atoms with Gasteiger partial charge in [-0.15, -0.1) is 11.8 Å². The molecule has 3 rings (SSSR count). The third-order valence-electron chi connectivity index (χ3n) is 6.26. The van der Waals surface area contributed by atoms with Crippen LogP contribution in [-0.4, -0.2) is 56.2 Å². The Morgan fingerprint density at radius 3 is 2.52 bits per heavy atom. The van der Waals surface area contributed by atoms with E-state index in [1.54, 1.807) is 59.9 Å². The van der Waals surface area contributed by atoms with Gasteiger partial charge in [-0.05, 0) is 44.2 Å². The molecule has 0 fully saturated rings. The van der Waals surface area contributed by atoms with Crippen molar-refractivity contribution in [3.8, 4) is 0 Å². The van der Waals surface area contributed by atoms with E-state index in [0.29, 0.717) is 24.2 Å². The van der Waals surface area contributed by atoms with E-state index in [9.17, 15) is 19.5 Å². The molecule has 9 nitrogen and oxygen atoms in total. The van der Waals surface area contributed by atoms with Crippen molar-refractivity contribution in [2.24, 2.45) is 0 Å². The molecule has 0 spiro atoms.